The van der Waals surface area contributed by atoms with Crippen LogP contribution in [0, 0.1) is 0 Å². The van der Waals surface area contributed by atoms with Crippen molar-refractivity contribution < 1.29 is 9.53 Å². The normalized spacial score (nSPS) is 17.7. The zero-order valence-corrected chi connectivity index (χ0v) is 18.7. The fourth-order valence-corrected chi connectivity index (χ4v) is 5.03. The van der Waals surface area contributed by atoms with E-state index in [-0.39, 0.29) is 5.91 Å². The Hall–Kier alpha value is -3.35. The minimum Gasteiger partial charge on any atom is -0.479 e. The number of benzene rings is 2. The van der Waals surface area contributed by atoms with E-state index in [1.807, 2.05) is 41.3 Å². The lowest BCUT2D eigenvalue weighted by atomic mass is 9.98. The summed E-state index contributed by atoms with van der Waals surface area (Å²) in [6, 6.07) is 18.1. The van der Waals surface area contributed by atoms with Gasteiger partial charge in [-0.1, -0.05) is 41.9 Å². The number of aromatic nitrogens is 2. The standard InChI is InChI=1S/C26H23ClN4O2/c27-18-12-17-13-23(26(32)31-10-8-28-9-11-31)33-24(17)20(14-18)19-6-7-29-25-21(19)15-22(30-25)16-4-2-1-3-5-16/h1-7,12,14-15,23,28H,8-11,13H2,(H,29,30)/t23-/m0/s1. The molecule has 7 heteroatoms. The van der Waals surface area contributed by atoms with E-state index in [0.717, 1.165) is 57.8 Å². The molecule has 0 spiro atoms. The number of piperazine rings is 1. The van der Waals surface area contributed by atoms with Crippen molar-refractivity contribution in [3.05, 3.63) is 71.4 Å². The zero-order valence-electron chi connectivity index (χ0n) is 18.0. The quantitative estimate of drug-likeness (QED) is 0.480. The Balaban J connectivity index is 1.40. The second kappa shape index (κ2) is 8.21. The fraction of sp³-hybridized carbons (Fsp3) is 0.231. The lowest BCUT2D eigenvalue weighted by Crippen LogP contribution is -2.50. The highest BCUT2D eigenvalue weighted by molar-refractivity contribution is 6.31. The molecule has 1 amide bonds. The van der Waals surface area contributed by atoms with Gasteiger partial charge >= 0.3 is 0 Å². The van der Waals surface area contributed by atoms with E-state index in [0.29, 0.717) is 24.5 Å². The van der Waals surface area contributed by atoms with Gasteiger partial charge < -0.3 is 19.9 Å². The molecule has 2 aromatic carbocycles. The molecule has 0 radical (unpaired) electrons. The summed E-state index contributed by atoms with van der Waals surface area (Å²) in [5.41, 5.74) is 5.72. The Labute approximate surface area is 196 Å². The molecule has 1 saturated heterocycles. The van der Waals surface area contributed by atoms with E-state index >= 15 is 0 Å². The van der Waals surface area contributed by atoms with E-state index in [9.17, 15) is 4.79 Å². The van der Waals surface area contributed by atoms with E-state index in [4.69, 9.17) is 16.3 Å². The van der Waals surface area contributed by atoms with Gasteiger partial charge in [-0.25, -0.2) is 4.98 Å². The lowest BCUT2D eigenvalue weighted by Gasteiger charge is -2.29. The summed E-state index contributed by atoms with van der Waals surface area (Å²) in [4.78, 5) is 22.9. The van der Waals surface area contributed by atoms with E-state index in [1.165, 1.54) is 0 Å². The largest absolute Gasteiger partial charge is 0.479 e. The van der Waals surface area contributed by atoms with Crippen molar-refractivity contribution in [2.75, 3.05) is 26.2 Å². The van der Waals surface area contributed by atoms with Crippen LogP contribution in [0.3, 0.4) is 0 Å². The van der Waals surface area contributed by atoms with Crippen LogP contribution < -0.4 is 10.1 Å². The number of carbonyl (C=O) groups excluding carboxylic acids is 1. The molecule has 6 nitrogen and oxygen atoms in total. The monoisotopic (exact) mass is 458 g/mol. The summed E-state index contributed by atoms with van der Waals surface area (Å²) in [6.45, 7) is 3.04. The maximum absolute atomic E-state index is 13.1. The van der Waals surface area contributed by atoms with Crippen molar-refractivity contribution in [1.29, 1.82) is 0 Å². The van der Waals surface area contributed by atoms with Crippen molar-refractivity contribution in [1.82, 2.24) is 20.2 Å². The molecule has 0 unspecified atom stereocenters. The van der Waals surface area contributed by atoms with Gasteiger partial charge in [-0.15, -0.1) is 0 Å². The highest BCUT2D eigenvalue weighted by Crippen LogP contribution is 2.43. The SMILES string of the molecule is O=C([C@@H]1Cc2cc(Cl)cc(-c3ccnc4[nH]c(-c5ccccc5)cc34)c2O1)N1CCNCC1. The number of rotatable bonds is 3. The highest BCUT2D eigenvalue weighted by Gasteiger charge is 2.35. The predicted octanol–water partition coefficient (Wildman–Crippen LogP) is 4.29. The Morgan fingerprint density at radius 1 is 1.06 bits per heavy atom. The third-order valence-electron chi connectivity index (χ3n) is 6.41. The van der Waals surface area contributed by atoms with Crippen molar-refractivity contribution in [3.8, 4) is 28.1 Å². The fourth-order valence-electron chi connectivity index (χ4n) is 4.79. The molecule has 4 heterocycles. The number of nitrogens with one attached hydrogen (secondary N) is 2. The minimum absolute atomic E-state index is 0.0441. The number of aromatic amines is 1. The van der Waals surface area contributed by atoms with Gasteiger partial charge in [-0.3, -0.25) is 4.79 Å². The molecule has 1 fully saturated rings. The van der Waals surface area contributed by atoms with Crippen LogP contribution in [-0.2, 0) is 11.2 Å². The number of H-pyrrole nitrogens is 1. The first-order chi connectivity index (χ1) is 16.2. The van der Waals surface area contributed by atoms with Gasteiger partial charge in [0.05, 0.1) is 0 Å². The number of fused-ring (bicyclic) bond motifs is 2. The number of amides is 1. The summed E-state index contributed by atoms with van der Waals surface area (Å²) >= 11 is 6.52. The number of hydrogen-bond donors (Lipinski definition) is 2. The first kappa shape index (κ1) is 20.3. The average molecular weight is 459 g/mol. The first-order valence-electron chi connectivity index (χ1n) is 11.2. The average Bonchev–Trinajstić information content (AvgIpc) is 3.48. The third-order valence-corrected chi connectivity index (χ3v) is 6.63. The second-order valence-electron chi connectivity index (χ2n) is 8.50. The third kappa shape index (κ3) is 3.65. The Morgan fingerprint density at radius 2 is 1.88 bits per heavy atom. The van der Waals surface area contributed by atoms with Gasteiger partial charge in [0.25, 0.3) is 5.91 Å². The molecule has 6 rings (SSSR count). The maximum atomic E-state index is 13.1. The molecular weight excluding hydrogens is 436 g/mol. The summed E-state index contributed by atoms with van der Waals surface area (Å²) in [5.74, 6) is 0.783. The molecule has 0 aliphatic carbocycles. The molecule has 0 bridgehead atoms. The van der Waals surface area contributed by atoms with Gasteiger partial charge in [-0.2, -0.15) is 0 Å². The van der Waals surface area contributed by atoms with Gasteiger partial charge in [0.1, 0.15) is 11.4 Å². The van der Waals surface area contributed by atoms with Crippen LogP contribution in [0.2, 0.25) is 5.02 Å². The summed E-state index contributed by atoms with van der Waals surface area (Å²) < 4.78 is 6.30. The van der Waals surface area contributed by atoms with Crippen LogP contribution in [0.25, 0.3) is 33.4 Å². The lowest BCUT2D eigenvalue weighted by molar-refractivity contribution is -0.138. The Morgan fingerprint density at radius 3 is 2.70 bits per heavy atom. The number of halogens is 1. The number of carbonyl (C=O) groups is 1. The van der Waals surface area contributed by atoms with Crippen molar-refractivity contribution in [3.63, 3.8) is 0 Å². The molecule has 2 aliphatic heterocycles. The summed E-state index contributed by atoms with van der Waals surface area (Å²) in [7, 11) is 0. The zero-order chi connectivity index (χ0) is 22.4. The molecular formula is C26H23ClN4O2. The number of ether oxygens (including phenoxy) is 1. The van der Waals surface area contributed by atoms with Crippen LogP contribution in [0.1, 0.15) is 5.56 Å². The summed E-state index contributed by atoms with van der Waals surface area (Å²) in [6.07, 6.45) is 1.80. The molecule has 166 valence electrons. The Kier molecular flexibility index (Phi) is 5.04. The second-order valence-corrected chi connectivity index (χ2v) is 8.93. The van der Waals surface area contributed by atoms with Crippen LogP contribution in [0.15, 0.2) is 60.8 Å². The van der Waals surface area contributed by atoms with Crippen LogP contribution in [-0.4, -0.2) is 53.1 Å². The van der Waals surface area contributed by atoms with Crippen LogP contribution >= 0.6 is 11.6 Å². The first-order valence-corrected chi connectivity index (χ1v) is 11.6. The van der Waals surface area contributed by atoms with Crippen LogP contribution in [0.4, 0.5) is 0 Å². The van der Waals surface area contributed by atoms with E-state index in [2.05, 4.69) is 33.5 Å². The molecule has 2 aliphatic rings. The van der Waals surface area contributed by atoms with Gasteiger partial charge in [0.15, 0.2) is 6.10 Å². The minimum atomic E-state index is -0.515. The number of pyridine rings is 1. The Bertz CT molecular complexity index is 1350. The molecule has 2 aromatic heterocycles. The van der Waals surface area contributed by atoms with E-state index in [1.54, 1.807) is 6.20 Å². The predicted molar refractivity (Wildman–Crippen MR) is 130 cm³/mol. The molecule has 2 N–H and O–H groups in total. The van der Waals surface area contributed by atoms with Crippen molar-refractivity contribution in [2.24, 2.45) is 0 Å². The van der Waals surface area contributed by atoms with Gasteiger partial charge in [0, 0.05) is 66.0 Å². The van der Waals surface area contributed by atoms with E-state index < -0.39 is 6.10 Å². The molecule has 0 saturated carbocycles. The molecule has 1 atom stereocenters. The smallest absolute Gasteiger partial charge is 0.264 e. The molecule has 4 aromatic rings. The summed E-state index contributed by atoms with van der Waals surface area (Å²) in [5, 5.41) is 4.90. The van der Waals surface area contributed by atoms with Gasteiger partial charge in [-0.05, 0) is 35.4 Å². The number of hydrogen-bond acceptors (Lipinski definition) is 4. The molecule has 33 heavy (non-hydrogen) atoms. The van der Waals surface area contributed by atoms with Crippen molar-refractivity contribution >= 4 is 28.5 Å². The van der Waals surface area contributed by atoms with Crippen LogP contribution in [0.5, 0.6) is 5.75 Å². The topological polar surface area (TPSA) is 70.2 Å². The van der Waals surface area contributed by atoms with Crippen molar-refractivity contribution in [2.45, 2.75) is 12.5 Å². The maximum Gasteiger partial charge on any atom is 0.264 e. The van der Waals surface area contributed by atoms with Gasteiger partial charge in [0.2, 0.25) is 0 Å². The number of nitrogens with zero attached hydrogens (tertiary/aromatic N) is 2. The highest BCUT2D eigenvalue weighted by atomic mass is 35.5.